The van der Waals surface area contributed by atoms with Crippen LogP contribution in [-0.2, 0) is 10.0 Å². The highest BCUT2D eigenvalue weighted by Crippen LogP contribution is 2.27. The van der Waals surface area contributed by atoms with Crippen molar-refractivity contribution >= 4 is 38.6 Å². The predicted molar refractivity (Wildman–Crippen MR) is 80.5 cm³/mol. The van der Waals surface area contributed by atoms with Crippen molar-refractivity contribution in [1.29, 1.82) is 0 Å². The Morgan fingerprint density at radius 2 is 1.90 bits per heavy atom. The first-order chi connectivity index (χ1) is 9.51. The van der Waals surface area contributed by atoms with E-state index in [1.165, 1.54) is 12.1 Å². The molecule has 0 aliphatic heterocycles. The van der Waals surface area contributed by atoms with Crippen molar-refractivity contribution in [3.8, 4) is 11.8 Å². The van der Waals surface area contributed by atoms with Gasteiger partial charge < -0.3 is 5.11 Å². The summed E-state index contributed by atoms with van der Waals surface area (Å²) in [5.74, 6) is 5.24. The Morgan fingerprint density at radius 3 is 2.45 bits per heavy atom. The summed E-state index contributed by atoms with van der Waals surface area (Å²) in [5, 5.41) is 8.59. The minimum absolute atomic E-state index is 0.159. The van der Waals surface area contributed by atoms with Gasteiger partial charge in [0.25, 0.3) is 10.0 Å². The van der Waals surface area contributed by atoms with E-state index in [9.17, 15) is 8.42 Å². The van der Waals surface area contributed by atoms with Gasteiger partial charge in [-0.2, -0.15) is 0 Å². The number of nitrogens with one attached hydrogen (secondary N) is 1. The normalized spacial score (nSPS) is 10.7. The third-order valence-corrected chi connectivity index (χ3v) is 5.37. The molecule has 2 rings (SSSR count). The lowest BCUT2D eigenvalue weighted by molar-refractivity contribution is 0.350. The van der Waals surface area contributed by atoms with Gasteiger partial charge in [-0.25, -0.2) is 8.42 Å². The van der Waals surface area contributed by atoms with Crippen LogP contribution < -0.4 is 4.72 Å². The van der Waals surface area contributed by atoms with Crippen LogP contribution in [0.3, 0.4) is 0 Å². The maximum atomic E-state index is 12.1. The molecule has 2 aromatic rings. The Hall–Kier alpha value is -1.52. The Kier molecular flexibility index (Phi) is 4.68. The van der Waals surface area contributed by atoms with Gasteiger partial charge in [-0.3, -0.25) is 4.72 Å². The van der Waals surface area contributed by atoms with Crippen molar-refractivity contribution in [2.75, 3.05) is 11.3 Å². The quantitative estimate of drug-likeness (QED) is 0.851. The van der Waals surface area contributed by atoms with E-state index in [-0.39, 0.29) is 10.8 Å². The molecule has 0 aliphatic rings. The van der Waals surface area contributed by atoms with E-state index in [1.807, 2.05) is 0 Å². The first-order valence-electron chi connectivity index (χ1n) is 5.49. The zero-order valence-corrected chi connectivity index (χ0v) is 12.5. The zero-order valence-electron chi connectivity index (χ0n) is 10.1. The van der Waals surface area contributed by atoms with Crippen LogP contribution in [0.5, 0.6) is 0 Å². The minimum atomic E-state index is -3.61. The second-order valence-electron chi connectivity index (χ2n) is 3.70. The van der Waals surface area contributed by atoms with Crippen molar-refractivity contribution in [2.45, 2.75) is 4.21 Å². The van der Waals surface area contributed by atoms with Gasteiger partial charge in [-0.15, -0.1) is 11.3 Å². The zero-order chi connectivity index (χ0) is 14.6. The molecule has 0 saturated heterocycles. The first kappa shape index (κ1) is 14.9. The predicted octanol–water partition coefficient (Wildman–Crippen LogP) is 2.55. The van der Waals surface area contributed by atoms with Crippen LogP contribution in [0.1, 0.15) is 5.56 Å². The summed E-state index contributed by atoms with van der Waals surface area (Å²) in [4.78, 5) is 0. The lowest BCUT2D eigenvalue weighted by atomic mass is 10.2. The number of sulfonamides is 1. The van der Waals surface area contributed by atoms with E-state index in [0.717, 1.165) is 11.3 Å². The highest BCUT2D eigenvalue weighted by Gasteiger charge is 2.16. The second-order valence-corrected chi connectivity index (χ2v) is 7.33. The fraction of sp³-hybridized carbons (Fsp3) is 0.0769. The molecule has 1 heterocycles. The Labute approximate surface area is 126 Å². The molecular weight excluding hydrogens is 318 g/mol. The molecule has 0 bridgehead atoms. The van der Waals surface area contributed by atoms with Crippen LogP contribution in [0.15, 0.2) is 40.6 Å². The number of hydrogen-bond acceptors (Lipinski definition) is 4. The Morgan fingerprint density at radius 1 is 1.20 bits per heavy atom. The van der Waals surface area contributed by atoms with Crippen molar-refractivity contribution in [2.24, 2.45) is 0 Å². The fourth-order valence-corrected chi connectivity index (χ4v) is 3.95. The molecule has 0 radical (unpaired) electrons. The maximum absolute atomic E-state index is 12.1. The summed E-state index contributed by atoms with van der Waals surface area (Å²) in [6, 6.07) is 9.54. The lowest BCUT2D eigenvalue weighted by Crippen LogP contribution is -2.11. The molecule has 0 saturated carbocycles. The van der Waals surface area contributed by atoms with Crippen molar-refractivity contribution in [3.05, 3.63) is 46.3 Å². The molecule has 4 nitrogen and oxygen atoms in total. The van der Waals surface area contributed by atoms with E-state index in [2.05, 4.69) is 16.6 Å². The molecule has 0 aliphatic carbocycles. The smallest absolute Gasteiger partial charge is 0.271 e. The summed E-state index contributed by atoms with van der Waals surface area (Å²) < 4.78 is 27.1. The molecule has 0 fully saturated rings. The Bertz CT molecular complexity index is 755. The second kappa shape index (κ2) is 6.29. The van der Waals surface area contributed by atoms with E-state index in [1.54, 1.807) is 24.3 Å². The molecule has 1 aromatic carbocycles. The number of halogens is 1. The van der Waals surface area contributed by atoms with Gasteiger partial charge in [-0.05, 0) is 36.4 Å². The molecular formula is C13H10ClNO3S2. The van der Waals surface area contributed by atoms with Gasteiger partial charge in [0.2, 0.25) is 0 Å². The Balaban J connectivity index is 2.17. The third-order valence-electron chi connectivity index (χ3n) is 2.26. The van der Waals surface area contributed by atoms with E-state index < -0.39 is 10.0 Å². The van der Waals surface area contributed by atoms with Gasteiger partial charge in [-0.1, -0.05) is 23.4 Å². The number of thiophene rings is 1. The molecule has 1 aromatic heterocycles. The largest absolute Gasteiger partial charge is 0.384 e. The summed E-state index contributed by atoms with van der Waals surface area (Å²) in [7, 11) is -3.61. The van der Waals surface area contributed by atoms with E-state index in [0.29, 0.717) is 15.6 Å². The average molecular weight is 328 g/mol. The standard InChI is InChI=1S/C13H10ClNO3S2/c14-12-7-8-13(19-12)20(17,18)15-11-5-3-10(4-6-11)2-1-9-16/h3-8,15-16H,9H2. The topological polar surface area (TPSA) is 66.4 Å². The highest BCUT2D eigenvalue weighted by atomic mass is 35.5. The van der Waals surface area contributed by atoms with Crippen molar-refractivity contribution in [1.82, 2.24) is 0 Å². The van der Waals surface area contributed by atoms with Gasteiger partial charge in [0, 0.05) is 11.3 Å². The summed E-state index contributed by atoms with van der Waals surface area (Å²) in [5.41, 5.74) is 1.13. The van der Waals surface area contributed by atoms with Gasteiger partial charge in [0.05, 0.1) is 4.34 Å². The molecule has 20 heavy (non-hydrogen) atoms. The van der Waals surface area contributed by atoms with Crippen LogP contribution in [-0.4, -0.2) is 20.1 Å². The summed E-state index contributed by atoms with van der Waals surface area (Å²) >= 11 is 6.72. The van der Waals surface area contributed by atoms with Crippen LogP contribution in [0, 0.1) is 11.8 Å². The third kappa shape index (κ3) is 3.74. The van der Waals surface area contributed by atoms with Gasteiger partial charge in [0.15, 0.2) is 0 Å². The van der Waals surface area contributed by atoms with Gasteiger partial charge in [0.1, 0.15) is 10.8 Å². The fourth-order valence-electron chi connectivity index (χ4n) is 1.41. The van der Waals surface area contributed by atoms with Crippen LogP contribution in [0.2, 0.25) is 4.34 Å². The number of hydrogen-bond donors (Lipinski definition) is 2. The number of aliphatic hydroxyl groups is 1. The molecule has 7 heteroatoms. The van der Waals surface area contributed by atoms with E-state index in [4.69, 9.17) is 16.7 Å². The first-order valence-corrected chi connectivity index (χ1v) is 8.17. The average Bonchev–Trinajstić information content (AvgIpc) is 2.85. The number of anilines is 1. The lowest BCUT2D eigenvalue weighted by Gasteiger charge is -2.05. The minimum Gasteiger partial charge on any atom is -0.384 e. The number of rotatable bonds is 3. The molecule has 2 N–H and O–H groups in total. The number of aliphatic hydroxyl groups excluding tert-OH is 1. The molecule has 0 atom stereocenters. The van der Waals surface area contributed by atoms with Crippen molar-refractivity contribution in [3.63, 3.8) is 0 Å². The SMILES string of the molecule is O=S(=O)(Nc1ccc(C#CCO)cc1)c1ccc(Cl)s1. The maximum Gasteiger partial charge on any atom is 0.271 e. The summed E-state index contributed by atoms with van der Waals surface area (Å²) in [6.07, 6.45) is 0. The number of benzene rings is 1. The van der Waals surface area contributed by atoms with Crippen LogP contribution in [0.25, 0.3) is 0 Å². The highest BCUT2D eigenvalue weighted by molar-refractivity contribution is 7.94. The molecule has 0 spiro atoms. The summed E-state index contributed by atoms with van der Waals surface area (Å²) in [6.45, 7) is -0.215. The van der Waals surface area contributed by atoms with Crippen molar-refractivity contribution < 1.29 is 13.5 Å². The monoisotopic (exact) mass is 327 g/mol. The molecule has 0 amide bonds. The molecule has 0 unspecified atom stereocenters. The van der Waals surface area contributed by atoms with Crippen LogP contribution in [0.4, 0.5) is 5.69 Å². The van der Waals surface area contributed by atoms with E-state index >= 15 is 0 Å². The van der Waals surface area contributed by atoms with Crippen LogP contribution >= 0.6 is 22.9 Å². The molecule has 104 valence electrons. The van der Waals surface area contributed by atoms with Gasteiger partial charge >= 0.3 is 0 Å².